The third kappa shape index (κ3) is 101. The Labute approximate surface area is 842 Å². The highest BCUT2D eigenvalue weighted by atomic mass is 15.1. The average Bonchev–Trinajstić information content (AvgIpc) is 0.889. The molecule has 0 aliphatic rings. The Bertz CT molecular complexity index is 2770. The zero-order valence-corrected chi connectivity index (χ0v) is 91.5. The zero-order chi connectivity index (χ0) is 96.9. The van der Waals surface area contributed by atoms with Crippen molar-refractivity contribution >= 4 is 43.1 Å². The summed E-state index contributed by atoms with van der Waals surface area (Å²) < 4.78 is 0. The van der Waals surface area contributed by atoms with Gasteiger partial charge in [-0.1, -0.05) is 446 Å². The molecule has 8 heteroatoms. The Morgan fingerprint density at radius 2 is 0.201 bits per heavy atom. The van der Waals surface area contributed by atoms with Crippen molar-refractivity contribution in [1.29, 1.82) is 0 Å². The van der Waals surface area contributed by atoms with Crippen LogP contribution in [0.4, 0.5) is 0 Å². The molecule has 0 atom stereocenters. The molecule has 8 aromatic rings. The molecule has 780 valence electrons. The molecule has 0 unspecified atom stereocenters. The van der Waals surface area contributed by atoms with Gasteiger partial charge in [-0.25, -0.2) is 0 Å². The molecule has 0 heterocycles. The lowest BCUT2D eigenvalue weighted by molar-refractivity contribution is -0.880. The fourth-order valence-corrected chi connectivity index (χ4v) is 14.6. The molecule has 0 saturated carbocycles. The van der Waals surface area contributed by atoms with Gasteiger partial charge >= 0.3 is 0 Å². The number of nitrogens with one attached hydrogen (secondary N) is 8. The Kier molecular flexibility index (Phi) is 125. The van der Waals surface area contributed by atoms with E-state index in [4.69, 9.17) is 0 Å². The van der Waals surface area contributed by atoms with E-state index in [2.05, 4.69) is 361 Å². The maximum atomic E-state index is 2.39. The molecule has 134 heavy (non-hydrogen) atoms. The van der Waals surface area contributed by atoms with E-state index in [0.717, 1.165) is 0 Å². The number of hydrogen-bond acceptors (Lipinski definition) is 0. The maximum absolute atomic E-state index is 2.39. The first-order valence-electron chi connectivity index (χ1n) is 55.6. The quantitative estimate of drug-likeness (QED) is 0.0175. The van der Waals surface area contributed by atoms with Crippen molar-refractivity contribution in [2.75, 3.05) is 161 Å². The largest absolute Gasteiger partial charge is 0.338 e. The molecule has 8 aromatic carbocycles. The van der Waals surface area contributed by atoms with Crippen LogP contribution in [0.1, 0.15) is 410 Å². The maximum Gasteiger partial charge on any atom is 0.0768 e. The van der Waals surface area contributed by atoms with Crippen LogP contribution in [-0.4, -0.2) is 161 Å². The monoisotopic (exact) mass is 1870 g/mol. The first-order valence-corrected chi connectivity index (χ1v) is 55.6. The van der Waals surface area contributed by atoms with Gasteiger partial charge in [0.05, 0.1) is 161 Å². The first-order chi connectivity index (χ1) is 63.3. The van der Waals surface area contributed by atoms with E-state index in [1.165, 1.54) is 417 Å². The van der Waals surface area contributed by atoms with Crippen LogP contribution in [-0.2, 0) is 0 Å². The number of rotatable bonds is 58. The summed E-state index contributed by atoms with van der Waals surface area (Å²) in [6.45, 7) is 56.9. The van der Waals surface area contributed by atoms with Crippen LogP contribution in [0.3, 0.4) is 0 Å². The van der Waals surface area contributed by atoms with Crippen molar-refractivity contribution < 1.29 is 39.2 Å². The highest BCUT2D eigenvalue weighted by Crippen LogP contribution is 2.16. The first kappa shape index (κ1) is 144. The molecule has 0 spiro atoms. The summed E-state index contributed by atoms with van der Waals surface area (Å²) in [6.07, 6.45) is 59.9. The van der Waals surface area contributed by atoms with Gasteiger partial charge in [0, 0.05) is 0 Å². The average molecular weight is 1870 g/mol. The molecular formula is C126H244N8+8. The summed E-state index contributed by atoms with van der Waals surface area (Å²) in [5.74, 6) is 0. The second-order valence-corrected chi connectivity index (χ2v) is 37.9. The van der Waals surface area contributed by atoms with E-state index in [1.54, 1.807) is 39.2 Å². The third-order valence-electron chi connectivity index (χ3n) is 25.6. The lowest BCUT2D eigenvalue weighted by atomic mass is 10.1. The summed E-state index contributed by atoms with van der Waals surface area (Å²) in [5, 5.41) is 10.5. The lowest BCUT2D eigenvalue weighted by Crippen LogP contribution is -3.09. The molecule has 8 N–H and O–H groups in total. The number of quaternary nitrogens is 8. The van der Waals surface area contributed by atoms with Gasteiger partial charge in [0.1, 0.15) is 0 Å². The fraction of sp³-hybridized carbons (Fsp3) is 0.683. The predicted molar refractivity (Wildman–Crippen MR) is 620 cm³/mol. The van der Waals surface area contributed by atoms with Crippen LogP contribution in [0.25, 0.3) is 43.1 Å². The smallest absolute Gasteiger partial charge is 0.0768 e. The highest BCUT2D eigenvalue weighted by Gasteiger charge is 2.06. The van der Waals surface area contributed by atoms with Crippen molar-refractivity contribution in [3.8, 4) is 0 Å². The number of unbranched alkanes of at least 4 members (excludes halogenated alkanes) is 34. The summed E-state index contributed by atoms with van der Waals surface area (Å²) in [7, 11) is 18.2. The van der Waals surface area contributed by atoms with Gasteiger partial charge in [-0.2, -0.15) is 0 Å². The normalized spacial score (nSPS) is 10.3. The van der Waals surface area contributed by atoms with E-state index in [0.29, 0.717) is 0 Å². The van der Waals surface area contributed by atoms with E-state index in [1.807, 2.05) is 0 Å². The summed E-state index contributed by atoms with van der Waals surface area (Å²) in [6, 6.07) is 66.9. The molecule has 0 amide bonds. The standard InChI is InChI=1S/C21H45N.C17H37N.C13H29N.C11H25N.4C10H8.4C5H13N.4CH4/c1-4-6-8-10-12-14-16-18-20-22(3)21-19-17-15-13-11-9-7-5-2;1-4-6-8-10-12-14-16-18(3)17-15-13-11-9-7-5-2;1-4-6-8-10-12-14(3)13-11-9-7-5-2;1-4-6-8-10-12(3)11-9-7-5-2;4*1-2-6-10-8-4-3-7-9(10)5-1;4*1-4-6(3)5-2;;;;/h4-21H2,1-3H3;4-17H2,1-3H3;4-13H2,1-3H3;4-11H2,1-3H3;4*1-8H;4*4-5H2,1-3H3;4*1H4/p+8. The molecule has 0 fully saturated rings. The summed E-state index contributed by atoms with van der Waals surface area (Å²) >= 11 is 0. The van der Waals surface area contributed by atoms with Crippen LogP contribution in [0, 0.1) is 0 Å². The number of fused-ring (bicyclic) bond motifs is 4. The minimum Gasteiger partial charge on any atom is -0.338 e. The van der Waals surface area contributed by atoms with E-state index in [-0.39, 0.29) is 29.7 Å². The fourth-order valence-electron chi connectivity index (χ4n) is 14.6. The number of benzene rings is 8. The van der Waals surface area contributed by atoms with E-state index >= 15 is 0 Å². The van der Waals surface area contributed by atoms with Gasteiger partial charge in [0.15, 0.2) is 0 Å². The molecule has 0 aliphatic carbocycles. The van der Waals surface area contributed by atoms with E-state index < -0.39 is 0 Å². The van der Waals surface area contributed by atoms with Crippen molar-refractivity contribution in [2.45, 2.75) is 410 Å². The highest BCUT2D eigenvalue weighted by molar-refractivity contribution is 5.84. The molecule has 8 rings (SSSR count). The molecule has 0 saturated heterocycles. The van der Waals surface area contributed by atoms with Crippen LogP contribution in [0.5, 0.6) is 0 Å². The molecule has 0 radical (unpaired) electrons. The van der Waals surface area contributed by atoms with E-state index in [9.17, 15) is 0 Å². The Balaban J connectivity index is -0.000000219. The Morgan fingerprint density at radius 3 is 0.299 bits per heavy atom. The second-order valence-electron chi connectivity index (χ2n) is 37.9. The van der Waals surface area contributed by atoms with Crippen LogP contribution >= 0.6 is 0 Å². The van der Waals surface area contributed by atoms with Gasteiger partial charge in [-0.15, -0.1) is 0 Å². The molecule has 0 aliphatic heterocycles. The van der Waals surface area contributed by atoms with Gasteiger partial charge in [-0.3, -0.25) is 0 Å². The lowest BCUT2D eigenvalue weighted by Gasteiger charge is -2.13. The Morgan fingerprint density at radius 1 is 0.119 bits per heavy atom. The second kappa shape index (κ2) is 116. The Hall–Kier alpha value is -5.52. The third-order valence-corrected chi connectivity index (χ3v) is 25.6. The van der Waals surface area contributed by atoms with Crippen molar-refractivity contribution in [1.82, 2.24) is 0 Å². The molecule has 0 bridgehead atoms. The van der Waals surface area contributed by atoms with Crippen LogP contribution in [0.2, 0.25) is 0 Å². The zero-order valence-electron chi connectivity index (χ0n) is 91.5. The molecule has 8 nitrogen and oxygen atoms in total. The van der Waals surface area contributed by atoms with Gasteiger partial charge < -0.3 is 39.2 Å². The van der Waals surface area contributed by atoms with Gasteiger partial charge in [-0.05, 0) is 201 Å². The van der Waals surface area contributed by atoms with Gasteiger partial charge in [0.25, 0.3) is 0 Å². The van der Waals surface area contributed by atoms with Gasteiger partial charge in [0.2, 0.25) is 0 Å². The van der Waals surface area contributed by atoms with Crippen molar-refractivity contribution in [3.05, 3.63) is 194 Å². The minimum atomic E-state index is 0. The van der Waals surface area contributed by atoms with Crippen LogP contribution in [0.15, 0.2) is 194 Å². The van der Waals surface area contributed by atoms with Crippen molar-refractivity contribution in [2.24, 2.45) is 0 Å². The van der Waals surface area contributed by atoms with Crippen molar-refractivity contribution in [3.63, 3.8) is 0 Å². The minimum absolute atomic E-state index is 0. The topological polar surface area (TPSA) is 35.5 Å². The van der Waals surface area contributed by atoms with Crippen LogP contribution < -0.4 is 39.2 Å². The predicted octanol–water partition coefficient (Wildman–Crippen LogP) is 26.6. The number of hydrogen-bond donors (Lipinski definition) is 8. The molecular weight excluding hydrogens is 1630 g/mol. The SMILES string of the molecule is C.C.C.C.CCCCCCCCCC[NH+](C)CCCCCCCCCC.CCCCCCCC[NH+](C)CCCCCCCC.CCCCCC[NH+](C)CCCCCC.CCCCC[NH+](C)CCCCC.CC[NH+](C)CC.CC[NH+](C)CC.CC[NH+](C)CC.CC[NH+](C)CC.c1ccc2ccccc2c1.c1ccc2ccccc2c1.c1ccc2ccccc2c1.c1ccc2ccccc2c1. The molecule has 0 aromatic heterocycles. The summed E-state index contributed by atoms with van der Waals surface area (Å²) in [5.41, 5.74) is 0. The summed E-state index contributed by atoms with van der Waals surface area (Å²) in [4.78, 5) is 13.3.